The molecule has 0 atom stereocenters. The van der Waals surface area contributed by atoms with Gasteiger partial charge in [0.05, 0.1) is 0 Å². The number of likely N-dealkylation sites (tertiary alicyclic amines) is 1. The summed E-state index contributed by atoms with van der Waals surface area (Å²) in [5, 5.41) is 12.1. The summed E-state index contributed by atoms with van der Waals surface area (Å²) in [5.41, 5.74) is 3.39. The van der Waals surface area contributed by atoms with Crippen LogP contribution in [0.3, 0.4) is 0 Å². The molecular formula is C16H24N2O2. The van der Waals surface area contributed by atoms with Gasteiger partial charge in [0.25, 0.3) is 0 Å². The van der Waals surface area contributed by atoms with E-state index in [4.69, 9.17) is 5.11 Å². The van der Waals surface area contributed by atoms with Gasteiger partial charge in [-0.2, -0.15) is 0 Å². The lowest BCUT2D eigenvalue weighted by Gasteiger charge is -2.31. The molecule has 1 aromatic carbocycles. The monoisotopic (exact) mass is 276 g/mol. The Morgan fingerprint density at radius 3 is 2.70 bits per heavy atom. The van der Waals surface area contributed by atoms with Crippen molar-refractivity contribution in [1.82, 2.24) is 4.90 Å². The highest BCUT2D eigenvalue weighted by Gasteiger charge is 2.22. The summed E-state index contributed by atoms with van der Waals surface area (Å²) in [6.45, 7) is 5.89. The maximum absolute atomic E-state index is 12.2. The quantitative estimate of drug-likeness (QED) is 0.892. The van der Waals surface area contributed by atoms with E-state index in [1.165, 1.54) is 11.1 Å². The maximum atomic E-state index is 12.2. The van der Waals surface area contributed by atoms with E-state index in [1.807, 2.05) is 23.1 Å². The van der Waals surface area contributed by atoms with Gasteiger partial charge in [0.2, 0.25) is 0 Å². The fourth-order valence-electron chi connectivity index (χ4n) is 2.65. The molecule has 2 amide bonds. The second-order valence-corrected chi connectivity index (χ2v) is 5.54. The molecule has 4 heteroatoms. The number of aliphatic hydroxyl groups is 1. The molecular weight excluding hydrogens is 252 g/mol. The number of hydrogen-bond acceptors (Lipinski definition) is 2. The molecule has 0 saturated carbocycles. The smallest absolute Gasteiger partial charge is 0.321 e. The van der Waals surface area contributed by atoms with Crippen LogP contribution < -0.4 is 5.32 Å². The largest absolute Gasteiger partial charge is 0.396 e. The molecule has 1 aromatic rings. The van der Waals surface area contributed by atoms with Crippen molar-refractivity contribution in [3.8, 4) is 0 Å². The molecule has 1 fully saturated rings. The van der Waals surface area contributed by atoms with Crippen molar-refractivity contribution in [2.75, 3.05) is 25.0 Å². The van der Waals surface area contributed by atoms with Gasteiger partial charge in [-0.15, -0.1) is 0 Å². The molecule has 110 valence electrons. The SMILES string of the molecule is CCc1cc(NC(=O)N2CCC(CO)CC2)ccc1C. The third-order valence-electron chi connectivity index (χ3n) is 4.14. The molecule has 2 rings (SSSR count). The number of rotatable bonds is 3. The van der Waals surface area contributed by atoms with E-state index in [-0.39, 0.29) is 12.6 Å². The predicted octanol–water partition coefficient (Wildman–Crippen LogP) is 2.79. The maximum Gasteiger partial charge on any atom is 0.321 e. The lowest BCUT2D eigenvalue weighted by atomic mass is 9.98. The van der Waals surface area contributed by atoms with Gasteiger partial charge in [0.15, 0.2) is 0 Å². The van der Waals surface area contributed by atoms with Gasteiger partial charge in [0, 0.05) is 25.4 Å². The molecule has 1 saturated heterocycles. The molecule has 20 heavy (non-hydrogen) atoms. The third-order valence-corrected chi connectivity index (χ3v) is 4.14. The molecule has 0 aliphatic carbocycles. The Hall–Kier alpha value is -1.55. The van der Waals surface area contributed by atoms with Crippen LogP contribution in [0, 0.1) is 12.8 Å². The van der Waals surface area contributed by atoms with Crippen molar-refractivity contribution in [1.29, 1.82) is 0 Å². The van der Waals surface area contributed by atoms with Crippen molar-refractivity contribution >= 4 is 11.7 Å². The minimum atomic E-state index is -0.0349. The fourth-order valence-corrected chi connectivity index (χ4v) is 2.65. The van der Waals surface area contributed by atoms with Crippen LogP contribution in [-0.4, -0.2) is 35.7 Å². The van der Waals surface area contributed by atoms with Gasteiger partial charge >= 0.3 is 6.03 Å². The van der Waals surface area contributed by atoms with Gasteiger partial charge < -0.3 is 15.3 Å². The van der Waals surface area contributed by atoms with Crippen molar-refractivity contribution in [2.24, 2.45) is 5.92 Å². The van der Waals surface area contributed by atoms with Crippen molar-refractivity contribution in [2.45, 2.75) is 33.1 Å². The lowest BCUT2D eigenvalue weighted by molar-refractivity contribution is 0.143. The Bertz CT molecular complexity index is 466. The van der Waals surface area contributed by atoms with Crippen LogP contribution in [0.1, 0.15) is 30.9 Å². The first-order chi connectivity index (χ1) is 9.63. The fraction of sp³-hybridized carbons (Fsp3) is 0.562. The molecule has 1 aliphatic rings. The topological polar surface area (TPSA) is 52.6 Å². The zero-order valence-corrected chi connectivity index (χ0v) is 12.4. The number of amides is 2. The summed E-state index contributed by atoms with van der Waals surface area (Å²) in [4.78, 5) is 14.0. The Kier molecular flexibility index (Phi) is 5.01. The second-order valence-electron chi connectivity index (χ2n) is 5.54. The molecule has 4 nitrogen and oxygen atoms in total. The van der Waals surface area contributed by atoms with E-state index in [2.05, 4.69) is 19.2 Å². The third kappa shape index (κ3) is 3.51. The van der Waals surface area contributed by atoms with Crippen LogP contribution in [0.5, 0.6) is 0 Å². The number of aliphatic hydroxyl groups excluding tert-OH is 1. The van der Waals surface area contributed by atoms with Crippen LogP contribution in [0.4, 0.5) is 10.5 Å². The first-order valence-electron chi connectivity index (χ1n) is 7.40. The highest BCUT2D eigenvalue weighted by Crippen LogP contribution is 2.19. The van der Waals surface area contributed by atoms with Crippen LogP contribution in [-0.2, 0) is 6.42 Å². The van der Waals surface area contributed by atoms with Gasteiger partial charge in [-0.3, -0.25) is 0 Å². The van der Waals surface area contributed by atoms with E-state index in [0.29, 0.717) is 5.92 Å². The van der Waals surface area contributed by atoms with Gasteiger partial charge in [0.1, 0.15) is 0 Å². The van der Waals surface area contributed by atoms with Gasteiger partial charge in [-0.25, -0.2) is 4.79 Å². The zero-order valence-electron chi connectivity index (χ0n) is 12.4. The predicted molar refractivity (Wildman–Crippen MR) is 81.0 cm³/mol. The van der Waals surface area contributed by atoms with Crippen LogP contribution in [0.2, 0.25) is 0 Å². The van der Waals surface area contributed by atoms with E-state index in [9.17, 15) is 4.79 Å². The number of aryl methyl sites for hydroxylation is 2. The van der Waals surface area contributed by atoms with Crippen LogP contribution in [0.25, 0.3) is 0 Å². The number of nitrogens with one attached hydrogen (secondary N) is 1. The standard InChI is InChI=1S/C16H24N2O2/c1-3-14-10-15(5-4-12(14)2)17-16(20)18-8-6-13(11-19)7-9-18/h4-5,10,13,19H,3,6-9,11H2,1-2H3,(H,17,20). The zero-order chi connectivity index (χ0) is 14.5. The Balaban J connectivity index is 1.95. The first kappa shape index (κ1) is 14.9. The average Bonchev–Trinajstić information content (AvgIpc) is 2.49. The summed E-state index contributed by atoms with van der Waals surface area (Å²) < 4.78 is 0. The summed E-state index contributed by atoms with van der Waals surface area (Å²) in [6.07, 6.45) is 2.74. The Morgan fingerprint density at radius 1 is 1.40 bits per heavy atom. The molecule has 0 radical (unpaired) electrons. The Labute approximate surface area is 120 Å². The Morgan fingerprint density at radius 2 is 2.10 bits per heavy atom. The highest BCUT2D eigenvalue weighted by molar-refractivity contribution is 5.89. The summed E-state index contributed by atoms with van der Waals surface area (Å²) >= 11 is 0. The number of urea groups is 1. The molecule has 2 N–H and O–H groups in total. The number of nitrogens with zero attached hydrogens (tertiary/aromatic N) is 1. The summed E-state index contributed by atoms with van der Waals surface area (Å²) in [6, 6.07) is 6.01. The van der Waals surface area contributed by atoms with Gasteiger partial charge in [-0.1, -0.05) is 13.0 Å². The molecule has 0 aromatic heterocycles. The minimum absolute atomic E-state index is 0.0349. The van der Waals surface area contributed by atoms with E-state index in [1.54, 1.807) is 0 Å². The second kappa shape index (κ2) is 6.75. The number of benzene rings is 1. The number of hydrogen-bond donors (Lipinski definition) is 2. The number of piperidine rings is 1. The summed E-state index contributed by atoms with van der Waals surface area (Å²) in [7, 11) is 0. The normalized spacial score (nSPS) is 16.2. The lowest BCUT2D eigenvalue weighted by Crippen LogP contribution is -2.41. The van der Waals surface area contributed by atoms with Crippen LogP contribution >= 0.6 is 0 Å². The minimum Gasteiger partial charge on any atom is -0.396 e. The van der Waals surface area contributed by atoms with E-state index in [0.717, 1.165) is 38.0 Å². The highest BCUT2D eigenvalue weighted by atomic mass is 16.3. The molecule has 0 bridgehead atoms. The summed E-state index contributed by atoms with van der Waals surface area (Å²) in [5.74, 6) is 0.352. The van der Waals surface area contributed by atoms with Crippen molar-refractivity contribution < 1.29 is 9.90 Å². The van der Waals surface area contributed by atoms with Crippen LogP contribution in [0.15, 0.2) is 18.2 Å². The molecule has 0 spiro atoms. The average molecular weight is 276 g/mol. The van der Waals surface area contributed by atoms with E-state index < -0.39 is 0 Å². The molecule has 1 heterocycles. The number of anilines is 1. The first-order valence-corrected chi connectivity index (χ1v) is 7.40. The van der Waals surface area contributed by atoms with Crippen molar-refractivity contribution in [3.63, 3.8) is 0 Å². The van der Waals surface area contributed by atoms with Gasteiger partial charge in [-0.05, 0) is 55.4 Å². The molecule has 1 aliphatic heterocycles. The number of carbonyl (C=O) groups excluding carboxylic acids is 1. The van der Waals surface area contributed by atoms with Crippen molar-refractivity contribution in [3.05, 3.63) is 29.3 Å². The molecule has 0 unspecified atom stereocenters. The number of carbonyl (C=O) groups is 1. The van der Waals surface area contributed by atoms with E-state index >= 15 is 0 Å².